The molecule has 618 valence electrons. The van der Waals surface area contributed by atoms with Gasteiger partial charge in [-0.1, -0.05) is 19.1 Å². The number of hydrogen-bond donors (Lipinski definition) is 0. The van der Waals surface area contributed by atoms with Crippen LogP contribution in [0.5, 0.6) is 28.7 Å². The lowest BCUT2D eigenvalue weighted by atomic mass is 10.1. The zero-order valence-corrected chi connectivity index (χ0v) is 71.5. The molecule has 10 aromatic heterocycles. The van der Waals surface area contributed by atoms with Gasteiger partial charge in [0.15, 0.2) is 28.9 Å². The van der Waals surface area contributed by atoms with Gasteiger partial charge >= 0.3 is 0 Å². The summed E-state index contributed by atoms with van der Waals surface area (Å²) in [5, 5.41) is 8.36. The summed E-state index contributed by atoms with van der Waals surface area (Å²) in [6.45, 7) is 31.0. The highest BCUT2D eigenvalue weighted by Crippen LogP contribution is 2.29. The van der Waals surface area contributed by atoms with E-state index in [4.69, 9.17) is 47.4 Å². The molecule has 5 aliphatic rings. The average molecular weight is 1650 g/mol. The first-order valence-electron chi connectivity index (χ1n) is 39.7. The Morgan fingerprint density at radius 3 is 0.897 bits per heavy atom. The van der Waals surface area contributed by atoms with E-state index in [0.717, 1.165) is 128 Å². The largest absolute Gasteiger partial charge is 0.488 e. The lowest BCUT2D eigenvalue weighted by molar-refractivity contribution is 0.0976. The highest BCUT2D eigenvalue weighted by atomic mass is 32.1. The molecule has 117 heavy (non-hydrogen) atoms. The quantitative estimate of drug-likeness (QED) is 0.0455. The maximum absolute atomic E-state index is 12.5. The maximum atomic E-state index is 12.5. The van der Waals surface area contributed by atoms with E-state index in [9.17, 15) is 24.0 Å². The number of ether oxygens (including phenoxy) is 10. The van der Waals surface area contributed by atoms with Crippen LogP contribution in [-0.2, 0) is 62.2 Å². The number of nitrogens with zero attached hydrogens (tertiary/aromatic N) is 10. The molecule has 25 nitrogen and oxygen atoms in total. The van der Waals surface area contributed by atoms with Crippen LogP contribution in [-0.4, -0.2) is 173 Å². The molecular formula is C89H104N10O15S3. The van der Waals surface area contributed by atoms with Crippen molar-refractivity contribution in [2.24, 2.45) is 0 Å². The van der Waals surface area contributed by atoms with Crippen molar-refractivity contribution in [3.8, 4) is 28.7 Å². The molecule has 0 N–H and O–H groups in total. The molecule has 15 heterocycles. The molecule has 0 saturated carbocycles. The van der Waals surface area contributed by atoms with Gasteiger partial charge in [-0.05, 0) is 120 Å². The molecule has 0 amide bonds. The number of thiazole rings is 3. The highest BCUT2D eigenvalue weighted by Gasteiger charge is 2.29. The number of rotatable bonds is 26. The van der Waals surface area contributed by atoms with E-state index in [2.05, 4.69) is 56.8 Å². The smallest absolute Gasteiger partial charge is 0.188 e. The van der Waals surface area contributed by atoms with E-state index in [1.807, 2.05) is 161 Å². The first-order chi connectivity index (χ1) is 56.1. The van der Waals surface area contributed by atoms with Crippen LogP contribution in [0.4, 0.5) is 0 Å². The molecule has 10 aromatic rings. The van der Waals surface area contributed by atoms with E-state index >= 15 is 0 Å². The van der Waals surface area contributed by atoms with Gasteiger partial charge in [0.05, 0.1) is 102 Å². The predicted octanol–water partition coefficient (Wildman–Crippen LogP) is 15.4. The van der Waals surface area contributed by atoms with Crippen molar-refractivity contribution in [1.29, 1.82) is 0 Å². The molecule has 0 spiro atoms. The SMILES string of the molecule is CCc1csc(CC(=O)c2cc(O[C@@H]3CCOC3)cc(C)n2)n1.Cc1cc(O[C@H]2CO[C@@H](C)C2)cc(C(=O)Cc2nc(C)cs2)n1.Cc1cc(O[C@H]2CO[C@H](C)C2)cc(C(=O)Cc2nc(C)cs2)n1.Cc1ccc(CC(=O)c2cc(O[C@H]3CO[C@@H](C)C3)cc(C)n2)nc1.Cc1ccc(CC(=O)c2cc(O[C@H]3CO[C@H](C)C3)cc(C)n2)nc1. The monoisotopic (exact) mass is 1650 g/mol. The molecule has 0 unspecified atom stereocenters. The number of carbonyl (C=O) groups is 5. The van der Waals surface area contributed by atoms with Gasteiger partial charge < -0.3 is 47.4 Å². The number of carbonyl (C=O) groups excluding carboxylic acids is 5. The standard InChI is InChI=1S/2C19H22N2O3.3C17H20N2O3S/c2*1-12-4-5-15(20-10-12)8-19(22)18-9-16(6-13(2)21-18)24-17-7-14(3)23-11-17;2*1-10-4-13(22-14-5-12(3)21-8-14)6-15(18-10)16(20)7-17-19-11(2)9-23-17;1-3-12-10-23-17(19-12)8-16(20)15-7-14(6-11(2)18-15)22-13-4-5-21-9-13/h2*4-6,9-10,14,17H,7-8,11H2,1-3H3;2*4,6,9,12,14H,5,7-8H2,1-3H3;6-7,10,13H,3-5,8-9H2,1-2H3/t14-,17+;14-,17-;12-,14+;12-,14-;13-/m01011/s1. The lowest BCUT2D eigenvalue weighted by Crippen LogP contribution is -2.17. The predicted molar refractivity (Wildman–Crippen MR) is 446 cm³/mol. The van der Waals surface area contributed by atoms with Gasteiger partial charge in [0.1, 0.15) is 103 Å². The number of pyridine rings is 7. The van der Waals surface area contributed by atoms with E-state index in [1.54, 1.807) is 42.7 Å². The van der Waals surface area contributed by atoms with Crippen LogP contribution in [0.3, 0.4) is 0 Å². The Balaban J connectivity index is 0.000000144. The third-order valence-electron chi connectivity index (χ3n) is 19.0. The van der Waals surface area contributed by atoms with Crippen molar-refractivity contribution >= 4 is 62.9 Å². The van der Waals surface area contributed by atoms with E-state index < -0.39 is 0 Å². The average Bonchev–Trinajstić information content (AvgIpc) is 1.79. The minimum absolute atomic E-state index is 0.0294. The first kappa shape index (κ1) is 87.9. The number of hydrogen-bond acceptors (Lipinski definition) is 28. The maximum Gasteiger partial charge on any atom is 0.188 e. The van der Waals surface area contributed by atoms with Crippen molar-refractivity contribution in [1.82, 2.24) is 49.8 Å². The summed E-state index contributed by atoms with van der Waals surface area (Å²) in [7, 11) is 0. The highest BCUT2D eigenvalue weighted by molar-refractivity contribution is 7.10. The molecule has 0 bridgehead atoms. The Morgan fingerprint density at radius 1 is 0.350 bits per heavy atom. The Kier molecular flexibility index (Phi) is 31.9. The molecule has 5 fully saturated rings. The van der Waals surface area contributed by atoms with Gasteiger partial charge in [0.25, 0.3) is 0 Å². The van der Waals surface area contributed by atoms with Crippen LogP contribution < -0.4 is 23.7 Å². The summed E-state index contributed by atoms with van der Waals surface area (Å²) in [4.78, 5) is 106. The Morgan fingerprint density at radius 2 is 0.650 bits per heavy atom. The number of Topliss-reactive ketones (excluding diaryl/α,β-unsaturated/α-hetero) is 5. The van der Waals surface area contributed by atoms with E-state index in [1.165, 1.54) is 34.0 Å². The van der Waals surface area contributed by atoms with Crippen LogP contribution in [0, 0.1) is 62.3 Å². The van der Waals surface area contributed by atoms with E-state index in [-0.39, 0.29) is 116 Å². The van der Waals surface area contributed by atoms with Crippen LogP contribution in [0.2, 0.25) is 0 Å². The fourth-order valence-electron chi connectivity index (χ4n) is 13.2. The molecule has 5 saturated heterocycles. The minimum Gasteiger partial charge on any atom is -0.488 e. The van der Waals surface area contributed by atoms with Crippen LogP contribution >= 0.6 is 34.0 Å². The lowest BCUT2D eigenvalue weighted by Gasteiger charge is -2.13. The Bertz CT molecular complexity index is 4760. The molecule has 0 aromatic carbocycles. The van der Waals surface area contributed by atoms with Crippen molar-refractivity contribution in [2.75, 3.05) is 39.6 Å². The van der Waals surface area contributed by atoms with Crippen LogP contribution in [0.15, 0.2) is 113 Å². The fraction of sp³-hybridized carbons (Fsp3) is 0.449. The number of aromatic nitrogens is 10. The summed E-state index contributed by atoms with van der Waals surface area (Å²) in [6, 6.07) is 25.5. The normalized spacial score (nSPS) is 19.8. The first-order valence-corrected chi connectivity index (χ1v) is 42.3. The van der Waals surface area contributed by atoms with Crippen LogP contribution in [0.1, 0.15) is 202 Å². The second-order valence-corrected chi connectivity index (χ2v) is 33.1. The third kappa shape index (κ3) is 28.1. The fourth-order valence-corrected chi connectivity index (χ4v) is 15.6. The topological polar surface area (TPSA) is 307 Å². The van der Waals surface area contributed by atoms with Gasteiger partial charge in [-0.3, -0.25) is 33.9 Å². The van der Waals surface area contributed by atoms with Gasteiger partial charge in [-0.2, -0.15) is 0 Å². The van der Waals surface area contributed by atoms with E-state index in [0.29, 0.717) is 90.3 Å². The summed E-state index contributed by atoms with van der Waals surface area (Å²) in [5.74, 6) is 3.16. The summed E-state index contributed by atoms with van der Waals surface area (Å²) in [5.41, 5.74) is 12.5. The molecule has 9 atom stereocenters. The zero-order valence-electron chi connectivity index (χ0n) is 69.0. The molecular weight excluding hydrogens is 1550 g/mol. The van der Waals surface area contributed by atoms with Crippen LogP contribution in [0.25, 0.3) is 0 Å². The molecule has 28 heteroatoms. The van der Waals surface area contributed by atoms with Gasteiger partial charge in [-0.25, -0.2) is 39.9 Å². The molecule has 0 aliphatic carbocycles. The zero-order chi connectivity index (χ0) is 83.2. The second kappa shape index (κ2) is 42.5. The third-order valence-corrected chi connectivity index (χ3v) is 21.8. The van der Waals surface area contributed by atoms with Crippen molar-refractivity contribution in [3.63, 3.8) is 0 Å². The number of ketones is 5. The Labute approximate surface area is 695 Å². The van der Waals surface area contributed by atoms with Crippen molar-refractivity contribution < 1.29 is 71.3 Å². The minimum atomic E-state index is -0.0593. The summed E-state index contributed by atoms with van der Waals surface area (Å²) >= 11 is 4.52. The van der Waals surface area contributed by atoms with Gasteiger partial charge in [0.2, 0.25) is 0 Å². The van der Waals surface area contributed by atoms with Gasteiger partial charge in [-0.15, -0.1) is 34.0 Å². The molecule has 5 aliphatic heterocycles. The Hall–Kier alpha value is -9.91. The molecule has 0 radical (unpaired) electrons. The summed E-state index contributed by atoms with van der Waals surface area (Å²) < 4.78 is 57.0. The second-order valence-electron chi connectivity index (χ2n) is 30.2. The number of aryl methyl sites for hydroxylation is 10. The van der Waals surface area contributed by atoms with Crippen molar-refractivity contribution in [2.45, 2.75) is 222 Å². The summed E-state index contributed by atoms with van der Waals surface area (Å²) in [6.07, 6.45) is 11.1. The van der Waals surface area contributed by atoms with Crippen molar-refractivity contribution in [3.05, 3.63) is 225 Å². The molecule has 15 rings (SSSR count). The van der Waals surface area contributed by atoms with Gasteiger partial charge in [0, 0.05) is 173 Å².